The Kier molecular flexibility index (Phi) is 4.68. The van der Waals surface area contributed by atoms with E-state index in [4.69, 9.17) is 10.8 Å². The summed E-state index contributed by atoms with van der Waals surface area (Å²) in [5.74, 6) is 0.764. The van der Waals surface area contributed by atoms with Crippen molar-refractivity contribution in [2.45, 2.75) is 5.25 Å². The lowest BCUT2D eigenvalue weighted by Crippen LogP contribution is -2.09. The third-order valence-electron chi connectivity index (χ3n) is 1.48. The number of hydrogen-bond donors (Lipinski definition) is 2. The third kappa shape index (κ3) is 2.79. The van der Waals surface area contributed by atoms with E-state index in [1.807, 2.05) is 6.07 Å². The van der Waals surface area contributed by atoms with Crippen LogP contribution in [0.25, 0.3) is 0 Å². The number of aliphatic hydroxyl groups excluding tert-OH is 1. The van der Waals surface area contributed by atoms with Gasteiger partial charge in [-0.05, 0) is 11.4 Å². The topological polar surface area (TPSA) is 46.2 Å². The van der Waals surface area contributed by atoms with Gasteiger partial charge in [0.2, 0.25) is 0 Å². The van der Waals surface area contributed by atoms with E-state index in [1.54, 1.807) is 23.1 Å². The van der Waals surface area contributed by atoms with Crippen molar-refractivity contribution in [3.05, 3.63) is 22.4 Å². The smallest absolute Gasteiger partial charge is 0.0521 e. The highest BCUT2D eigenvalue weighted by atomic mass is 32.2. The Morgan fingerprint density at radius 1 is 1.67 bits per heavy atom. The maximum atomic E-state index is 8.65. The summed E-state index contributed by atoms with van der Waals surface area (Å²) in [4.78, 5) is 1.30. The highest BCUT2D eigenvalue weighted by Crippen LogP contribution is 2.30. The monoisotopic (exact) mass is 203 g/mol. The summed E-state index contributed by atoms with van der Waals surface area (Å²) in [5, 5.41) is 11.1. The molecule has 0 spiro atoms. The maximum absolute atomic E-state index is 8.65. The Bertz CT molecular complexity index is 201. The minimum Gasteiger partial charge on any atom is -0.396 e. The highest BCUT2D eigenvalue weighted by molar-refractivity contribution is 7.99. The number of aliphatic hydroxyl groups is 1. The van der Waals surface area contributed by atoms with Gasteiger partial charge in [0.25, 0.3) is 0 Å². The SMILES string of the molecule is NCC(SCCO)c1cccs1. The number of thiophene rings is 1. The first-order valence-corrected chi connectivity index (χ1v) is 5.77. The molecule has 1 heterocycles. The van der Waals surface area contributed by atoms with Gasteiger partial charge in [-0.25, -0.2) is 0 Å². The molecule has 4 heteroatoms. The molecular weight excluding hydrogens is 190 g/mol. The van der Waals surface area contributed by atoms with Crippen LogP contribution in [-0.2, 0) is 0 Å². The first-order valence-electron chi connectivity index (χ1n) is 3.84. The molecule has 0 radical (unpaired) electrons. The molecule has 68 valence electrons. The zero-order valence-corrected chi connectivity index (χ0v) is 8.40. The van der Waals surface area contributed by atoms with E-state index in [0.717, 1.165) is 5.75 Å². The van der Waals surface area contributed by atoms with Crippen molar-refractivity contribution >= 4 is 23.1 Å². The Balaban J connectivity index is 2.45. The van der Waals surface area contributed by atoms with Crippen LogP contribution in [0.5, 0.6) is 0 Å². The maximum Gasteiger partial charge on any atom is 0.0521 e. The lowest BCUT2D eigenvalue weighted by Gasteiger charge is -2.10. The van der Waals surface area contributed by atoms with Crippen LogP contribution in [0.1, 0.15) is 10.1 Å². The molecule has 1 aromatic heterocycles. The zero-order chi connectivity index (χ0) is 8.81. The van der Waals surface area contributed by atoms with Crippen LogP contribution in [0.2, 0.25) is 0 Å². The number of nitrogens with two attached hydrogens (primary N) is 1. The van der Waals surface area contributed by atoms with E-state index in [9.17, 15) is 0 Å². The van der Waals surface area contributed by atoms with Gasteiger partial charge in [-0.1, -0.05) is 6.07 Å². The Labute approximate surface area is 80.8 Å². The second-order valence-electron chi connectivity index (χ2n) is 2.33. The van der Waals surface area contributed by atoms with Crippen molar-refractivity contribution in [1.82, 2.24) is 0 Å². The van der Waals surface area contributed by atoms with E-state index < -0.39 is 0 Å². The molecular formula is C8H13NOS2. The van der Waals surface area contributed by atoms with Crippen LogP contribution in [0.15, 0.2) is 17.5 Å². The van der Waals surface area contributed by atoms with Crippen LogP contribution < -0.4 is 5.73 Å². The normalized spacial score (nSPS) is 13.2. The van der Waals surface area contributed by atoms with Gasteiger partial charge < -0.3 is 10.8 Å². The van der Waals surface area contributed by atoms with Gasteiger partial charge in [0, 0.05) is 17.2 Å². The molecule has 3 N–H and O–H groups in total. The molecule has 0 bridgehead atoms. The molecule has 0 aliphatic rings. The van der Waals surface area contributed by atoms with E-state index in [0.29, 0.717) is 11.8 Å². The van der Waals surface area contributed by atoms with Crippen LogP contribution >= 0.6 is 23.1 Å². The summed E-state index contributed by atoms with van der Waals surface area (Å²) in [6.45, 7) is 0.873. The fourth-order valence-corrected chi connectivity index (χ4v) is 2.79. The van der Waals surface area contributed by atoms with Gasteiger partial charge in [-0.3, -0.25) is 0 Å². The summed E-state index contributed by atoms with van der Waals surface area (Å²) in [6.07, 6.45) is 0. The molecule has 1 atom stereocenters. The van der Waals surface area contributed by atoms with Crippen LogP contribution in [0.3, 0.4) is 0 Å². The number of hydrogen-bond acceptors (Lipinski definition) is 4. The van der Waals surface area contributed by atoms with E-state index in [1.165, 1.54) is 4.88 Å². The van der Waals surface area contributed by atoms with Gasteiger partial charge in [-0.15, -0.1) is 23.1 Å². The summed E-state index contributed by atoms with van der Waals surface area (Å²) in [7, 11) is 0. The van der Waals surface area contributed by atoms with Crippen molar-refractivity contribution in [3.63, 3.8) is 0 Å². The molecule has 0 aromatic carbocycles. The van der Waals surface area contributed by atoms with Crippen LogP contribution in [0.4, 0.5) is 0 Å². The summed E-state index contributed by atoms with van der Waals surface area (Å²) < 4.78 is 0. The number of rotatable bonds is 5. The molecule has 0 aliphatic carbocycles. The van der Waals surface area contributed by atoms with Crippen LogP contribution in [-0.4, -0.2) is 24.0 Å². The predicted molar refractivity (Wildman–Crippen MR) is 55.7 cm³/mol. The van der Waals surface area contributed by atoms with Crippen molar-refractivity contribution in [3.8, 4) is 0 Å². The van der Waals surface area contributed by atoms with Crippen molar-refractivity contribution in [1.29, 1.82) is 0 Å². The van der Waals surface area contributed by atoms with Crippen molar-refractivity contribution in [2.75, 3.05) is 18.9 Å². The Morgan fingerprint density at radius 2 is 2.50 bits per heavy atom. The second kappa shape index (κ2) is 5.59. The average molecular weight is 203 g/mol. The first-order chi connectivity index (χ1) is 5.88. The molecule has 12 heavy (non-hydrogen) atoms. The fraction of sp³-hybridized carbons (Fsp3) is 0.500. The van der Waals surface area contributed by atoms with Gasteiger partial charge >= 0.3 is 0 Å². The van der Waals surface area contributed by atoms with Crippen LogP contribution in [0, 0.1) is 0 Å². The van der Waals surface area contributed by atoms with Crippen molar-refractivity contribution in [2.24, 2.45) is 5.73 Å². The second-order valence-corrected chi connectivity index (χ2v) is 4.62. The predicted octanol–water partition coefficient (Wildman–Crippen LogP) is 1.47. The quantitative estimate of drug-likeness (QED) is 0.762. The molecule has 2 nitrogen and oxygen atoms in total. The summed E-state index contributed by atoms with van der Waals surface area (Å²) in [6, 6.07) is 4.12. The van der Waals surface area contributed by atoms with Gasteiger partial charge in [0.1, 0.15) is 0 Å². The van der Waals surface area contributed by atoms with E-state index >= 15 is 0 Å². The molecule has 1 unspecified atom stereocenters. The zero-order valence-electron chi connectivity index (χ0n) is 6.77. The minimum absolute atomic E-state index is 0.229. The fourth-order valence-electron chi connectivity index (χ4n) is 0.936. The standard InChI is InChI=1S/C8H13NOS2/c9-6-8(12-5-3-10)7-2-1-4-11-7/h1-2,4,8,10H,3,5-6,9H2. The molecule has 0 fully saturated rings. The molecule has 1 rings (SSSR count). The Hall–Kier alpha value is -0.0300. The lowest BCUT2D eigenvalue weighted by atomic mass is 10.3. The lowest BCUT2D eigenvalue weighted by molar-refractivity contribution is 0.322. The number of thioether (sulfide) groups is 1. The largest absolute Gasteiger partial charge is 0.396 e. The van der Waals surface area contributed by atoms with Gasteiger partial charge in [-0.2, -0.15) is 0 Å². The average Bonchev–Trinajstić information content (AvgIpc) is 2.59. The van der Waals surface area contributed by atoms with Gasteiger partial charge in [0.05, 0.1) is 11.9 Å². The molecule has 1 aromatic rings. The highest BCUT2D eigenvalue weighted by Gasteiger charge is 2.09. The molecule has 0 saturated heterocycles. The molecule has 0 saturated carbocycles. The third-order valence-corrected chi connectivity index (χ3v) is 3.89. The van der Waals surface area contributed by atoms with E-state index in [2.05, 4.69) is 11.4 Å². The summed E-state index contributed by atoms with van der Waals surface area (Å²) >= 11 is 3.44. The van der Waals surface area contributed by atoms with E-state index in [-0.39, 0.29) is 6.61 Å². The molecule has 0 aliphatic heterocycles. The molecule has 0 amide bonds. The minimum atomic E-state index is 0.229. The summed E-state index contributed by atoms with van der Waals surface area (Å²) in [5.41, 5.74) is 5.61. The van der Waals surface area contributed by atoms with Gasteiger partial charge in [0.15, 0.2) is 0 Å². The Morgan fingerprint density at radius 3 is 3.00 bits per heavy atom. The first kappa shape index (κ1) is 10.1. The van der Waals surface area contributed by atoms with Crippen molar-refractivity contribution < 1.29 is 5.11 Å².